The summed E-state index contributed by atoms with van der Waals surface area (Å²) in [6.45, 7) is 5.49. The standard InChI is InChI=1S/C30H40N2O3S/c1-22-9-12-27(36-22)8-3-4-18-32-19-16-23(25(21-32)10-14-30(33)34)6-5-7-24-15-17-31-29-13-11-26(35-2)20-28(24)29/h9,11-13,15,17,20,23,25H,3-8,10,14,16,18-19,21H2,1-2H3,(H,33,34)/t23-,25+/m1/s1. The molecule has 0 unspecified atom stereocenters. The third-order valence-corrected chi connectivity index (χ3v) is 8.77. The number of carboxylic acids is 1. The van der Waals surface area contributed by atoms with Crippen molar-refractivity contribution in [3.63, 3.8) is 0 Å². The zero-order valence-electron chi connectivity index (χ0n) is 21.7. The number of thiophene rings is 1. The Kier molecular flexibility index (Phi) is 9.76. The number of likely N-dealkylation sites (tertiary alicyclic amines) is 1. The molecule has 1 aliphatic rings. The van der Waals surface area contributed by atoms with Gasteiger partial charge in [-0.05, 0) is 125 Å². The summed E-state index contributed by atoms with van der Waals surface area (Å²) in [5.41, 5.74) is 2.33. The Morgan fingerprint density at radius 3 is 2.78 bits per heavy atom. The van der Waals surface area contributed by atoms with Gasteiger partial charge in [-0.25, -0.2) is 0 Å². The second kappa shape index (κ2) is 13.2. The first-order valence-electron chi connectivity index (χ1n) is 13.4. The highest BCUT2D eigenvalue weighted by Gasteiger charge is 2.29. The number of ether oxygens (including phenoxy) is 1. The van der Waals surface area contributed by atoms with Crippen molar-refractivity contribution in [3.8, 4) is 5.75 Å². The number of nitrogens with zero attached hydrogens (tertiary/aromatic N) is 2. The number of methoxy groups -OCH3 is 1. The van der Waals surface area contributed by atoms with Crippen LogP contribution in [0.15, 0.2) is 42.6 Å². The van der Waals surface area contributed by atoms with Gasteiger partial charge in [0.2, 0.25) is 0 Å². The topological polar surface area (TPSA) is 62.7 Å². The Bertz CT molecular complexity index is 1130. The number of fused-ring (bicyclic) bond motifs is 1. The van der Waals surface area contributed by atoms with E-state index in [-0.39, 0.29) is 6.42 Å². The van der Waals surface area contributed by atoms with Gasteiger partial charge in [0, 0.05) is 34.3 Å². The zero-order valence-corrected chi connectivity index (χ0v) is 22.6. The van der Waals surface area contributed by atoms with Crippen molar-refractivity contribution in [2.45, 2.75) is 64.7 Å². The number of piperidine rings is 1. The van der Waals surface area contributed by atoms with Crippen molar-refractivity contribution in [1.29, 1.82) is 0 Å². The molecule has 0 spiro atoms. The molecule has 4 rings (SSSR count). The molecular weight excluding hydrogens is 468 g/mol. The molecule has 6 heteroatoms. The molecule has 3 aromatic rings. The number of rotatable bonds is 13. The molecule has 36 heavy (non-hydrogen) atoms. The van der Waals surface area contributed by atoms with Gasteiger partial charge in [0.25, 0.3) is 0 Å². The fourth-order valence-electron chi connectivity index (χ4n) is 5.71. The fourth-order valence-corrected chi connectivity index (χ4v) is 6.64. The van der Waals surface area contributed by atoms with E-state index in [1.54, 1.807) is 7.11 Å². The molecule has 2 aromatic heterocycles. The van der Waals surface area contributed by atoms with E-state index in [2.05, 4.69) is 41.1 Å². The van der Waals surface area contributed by atoms with Crippen LogP contribution in [0.25, 0.3) is 10.9 Å². The van der Waals surface area contributed by atoms with E-state index in [1.165, 1.54) is 46.4 Å². The van der Waals surface area contributed by atoms with Crippen LogP contribution in [0, 0.1) is 18.8 Å². The Morgan fingerprint density at radius 2 is 2.00 bits per heavy atom. The van der Waals surface area contributed by atoms with Gasteiger partial charge in [0.15, 0.2) is 0 Å². The predicted octanol–water partition coefficient (Wildman–Crippen LogP) is 6.76. The Hall–Kier alpha value is -2.44. The van der Waals surface area contributed by atoms with Crippen molar-refractivity contribution in [3.05, 3.63) is 57.9 Å². The van der Waals surface area contributed by atoms with Crippen LogP contribution in [0.4, 0.5) is 0 Å². The van der Waals surface area contributed by atoms with Crippen LogP contribution in [0.1, 0.15) is 60.3 Å². The molecule has 1 saturated heterocycles. The molecule has 0 aliphatic carbocycles. The first-order valence-corrected chi connectivity index (χ1v) is 14.2. The number of hydrogen-bond donors (Lipinski definition) is 1. The SMILES string of the molecule is COc1ccc2nccc(CCC[C@@H]3CCN(CCCCc4ccc(C)s4)C[C@@H]3CCC(=O)O)c2c1. The maximum atomic E-state index is 11.3. The highest BCUT2D eigenvalue weighted by molar-refractivity contribution is 7.11. The molecular formula is C30H40N2O3S. The van der Waals surface area contributed by atoms with Gasteiger partial charge in [0.05, 0.1) is 12.6 Å². The summed E-state index contributed by atoms with van der Waals surface area (Å²) in [6.07, 6.45) is 11.1. The number of hydrogen-bond acceptors (Lipinski definition) is 5. The Morgan fingerprint density at radius 1 is 1.11 bits per heavy atom. The van der Waals surface area contributed by atoms with Crippen molar-refractivity contribution < 1.29 is 14.6 Å². The van der Waals surface area contributed by atoms with Gasteiger partial charge >= 0.3 is 5.97 Å². The van der Waals surface area contributed by atoms with Crippen LogP contribution in [0.3, 0.4) is 0 Å². The zero-order chi connectivity index (χ0) is 25.3. The van der Waals surface area contributed by atoms with Crippen LogP contribution in [0.5, 0.6) is 5.75 Å². The smallest absolute Gasteiger partial charge is 0.303 e. The van der Waals surface area contributed by atoms with E-state index in [4.69, 9.17) is 4.74 Å². The van der Waals surface area contributed by atoms with E-state index in [1.807, 2.05) is 29.7 Å². The maximum absolute atomic E-state index is 11.3. The van der Waals surface area contributed by atoms with Gasteiger partial charge in [-0.15, -0.1) is 11.3 Å². The number of aromatic nitrogens is 1. The third-order valence-electron chi connectivity index (χ3n) is 7.71. The van der Waals surface area contributed by atoms with E-state index in [9.17, 15) is 9.90 Å². The number of pyridine rings is 1. The van der Waals surface area contributed by atoms with Crippen molar-refractivity contribution in [1.82, 2.24) is 9.88 Å². The summed E-state index contributed by atoms with van der Waals surface area (Å²) in [6, 6.07) is 12.7. The number of unbranched alkanes of at least 4 members (excludes halogenated alkanes) is 1. The summed E-state index contributed by atoms with van der Waals surface area (Å²) in [5, 5.41) is 10.5. The summed E-state index contributed by atoms with van der Waals surface area (Å²) >= 11 is 1.91. The lowest BCUT2D eigenvalue weighted by Crippen LogP contribution is -2.41. The monoisotopic (exact) mass is 508 g/mol. The average Bonchev–Trinajstić information content (AvgIpc) is 3.30. The molecule has 0 bridgehead atoms. The first kappa shape index (κ1) is 26.6. The van der Waals surface area contributed by atoms with E-state index >= 15 is 0 Å². The van der Waals surface area contributed by atoms with E-state index in [0.29, 0.717) is 11.8 Å². The maximum Gasteiger partial charge on any atom is 0.303 e. The fraction of sp³-hybridized carbons (Fsp3) is 0.533. The van der Waals surface area contributed by atoms with Crippen molar-refractivity contribution in [2.24, 2.45) is 11.8 Å². The number of benzene rings is 1. The normalized spacial score (nSPS) is 18.5. The highest BCUT2D eigenvalue weighted by atomic mass is 32.1. The lowest BCUT2D eigenvalue weighted by Gasteiger charge is -2.39. The Balaban J connectivity index is 1.28. The van der Waals surface area contributed by atoms with Gasteiger partial charge in [-0.2, -0.15) is 0 Å². The lowest BCUT2D eigenvalue weighted by atomic mass is 9.79. The largest absolute Gasteiger partial charge is 0.497 e. The molecule has 0 radical (unpaired) electrons. The second-order valence-corrected chi connectivity index (χ2v) is 11.6. The molecule has 0 saturated carbocycles. The van der Waals surface area contributed by atoms with Gasteiger partial charge in [0.1, 0.15) is 5.75 Å². The second-order valence-electron chi connectivity index (χ2n) is 10.3. The van der Waals surface area contributed by atoms with E-state index in [0.717, 1.165) is 56.6 Å². The van der Waals surface area contributed by atoms with Crippen molar-refractivity contribution >= 4 is 28.2 Å². The summed E-state index contributed by atoms with van der Waals surface area (Å²) in [7, 11) is 1.70. The summed E-state index contributed by atoms with van der Waals surface area (Å²) < 4.78 is 5.43. The number of aliphatic carboxylic acids is 1. The number of carboxylic acid groups (broad SMARTS) is 1. The molecule has 1 aliphatic heterocycles. The van der Waals surface area contributed by atoms with E-state index < -0.39 is 5.97 Å². The summed E-state index contributed by atoms with van der Waals surface area (Å²) in [4.78, 5) is 21.3. The number of aryl methyl sites for hydroxylation is 3. The lowest BCUT2D eigenvalue weighted by molar-refractivity contribution is -0.137. The molecule has 1 aromatic carbocycles. The van der Waals surface area contributed by atoms with Crippen LogP contribution >= 0.6 is 11.3 Å². The quantitative estimate of drug-likeness (QED) is 0.258. The summed E-state index contributed by atoms with van der Waals surface area (Å²) in [5.74, 6) is 1.28. The third kappa shape index (κ3) is 7.53. The predicted molar refractivity (Wildman–Crippen MR) is 148 cm³/mol. The Labute approximate surface area is 219 Å². The molecule has 1 N–H and O–H groups in total. The van der Waals surface area contributed by atoms with Crippen LogP contribution < -0.4 is 4.74 Å². The average molecular weight is 509 g/mol. The van der Waals surface area contributed by atoms with Crippen LogP contribution in [0.2, 0.25) is 0 Å². The molecule has 0 amide bonds. The van der Waals surface area contributed by atoms with Crippen LogP contribution in [-0.4, -0.2) is 47.7 Å². The van der Waals surface area contributed by atoms with Gasteiger partial charge in [-0.1, -0.05) is 0 Å². The minimum absolute atomic E-state index is 0.279. The van der Waals surface area contributed by atoms with Crippen molar-refractivity contribution in [2.75, 3.05) is 26.7 Å². The number of carbonyl (C=O) groups is 1. The molecule has 1 fully saturated rings. The molecule has 2 atom stereocenters. The molecule has 5 nitrogen and oxygen atoms in total. The minimum atomic E-state index is -0.672. The minimum Gasteiger partial charge on any atom is -0.497 e. The highest BCUT2D eigenvalue weighted by Crippen LogP contribution is 2.32. The first-order chi connectivity index (χ1) is 17.5. The molecule has 3 heterocycles. The van der Waals surface area contributed by atoms with Gasteiger partial charge < -0.3 is 14.7 Å². The molecule has 194 valence electrons. The van der Waals surface area contributed by atoms with Crippen LogP contribution in [-0.2, 0) is 17.6 Å². The van der Waals surface area contributed by atoms with Gasteiger partial charge in [-0.3, -0.25) is 9.78 Å².